The van der Waals surface area contributed by atoms with Gasteiger partial charge in [-0.1, -0.05) is 30.3 Å². The molecule has 2 aliphatic carbocycles. The summed E-state index contributed by atoms with van der Waals surface area (Å²) in [5.41, 5.74) is 1.47. The minimum Gasteiger partial charge on any atom is -0.352 e. The van der Waals surface area contributed by atoms with Crippen LogP contribution in [0.5, 0.6) is 0 Å². The third-order valence-electron chi connectivity index (χ3n) is 4.03. The molecule has 2 aliphatic rings. The van der Waals surface area contributed by atoms with Crippen molar-refractivity contribution in [2.45, 2.75) is 43.7 Å². The van der Waals surface area contributed by atoms with Gasteiger partial charge < -0.3 is 10.6 Å². The molecule has 1 amide bonds. The van der Waals surface area contributed by atoms with E-state index in [2.05, 4.69) is 41.8 Å². The molecule has 0 aliphatic heterocycles. The zero-order valence-corrected chi connectivity index (χ0v) is 10.8. The van der Waals surface area contributed by atoms with E-state index >= 15 is 0 Å². The van der Waals surface area contributed by atoms with Gasteiger partial charge in [0.15, 0.2) is 0 Å². The van der Waals surface area contributed by atoms with E-state index in [9.17, 15) is 4.79 Å². The molecule has 3 rings (SSSR count). The summed E-state index contributed by atoms with van der Waals surface area (Å²) in [6, 6.07) is 11.0. The van der Waals surface area contributed by atoms with E-state index in [1.54, 1.807) is 0 Å². The van der Waals surface area contributed by atoms with Crippen LogP contribution < -0.4 is 10.6 Å². The number of nitrogens with one attached hydrogen (secondary N) is 2. The van der Waals surface area contributed by atoms with E-state index < -0.39 is 0 Å². The van der Waals surface area contributed by atoms with Gasteiger partial charge in [-0.2, -0.15) is 0 Å². The van der Waals surface area contributed by atoms with E-state index in [-0.39, 0.29) is 11.4 Å². The fourth-order valence-electron chi connectivity index (χ4n) is 2.52. The molecule has 0 saturated heterocycles. The lowest BCUT2D eigenvalue weighted by molar-refractivity contribution is -0.120. The lowest BCUT2D eigenvalue weighted by Crippen LogP contribution is -2.40. The van der Waals surface area contributed by atoms with Crippen LogP contribution in [0.2, 0.25) is 0 Å². The Balaban J connectivity index is 1.50. The summed E-state index contributed by atoms with van der Waals surface area (Å²) in [7, 11) is 0. The quantitative estimate of drug-likeness (QED) is 0.829. The van der Waals surface area contributed by atoms with Crippen molar-refractivity contribution < 1.29 is 4.79 Å². The molecule has 0 unspecified atom stereocenters. The average molecular weight is 244 g/mol. The van der Waals surface area contributed by atoms with Crippen LogP contribution in [0.4, 0.5) is 0 Å². The lowest BCUT2D eigenvalue weighted by atomic mass is 10.1. The number of rotatable bonds is 5. The Labute approximate surface area is 108 Å². The smallest absolute Gasteiger partial charge is 0.234 e. The molecule has 3 nitrogen and oxygen atoms in total. The lowest BCUT2D eigenvalue weighted by Gasteiger charge is -2.14. The highest BCUT2D eigenvalue weighted by Gasteiger charge is 2.50. The van der Waals surface area contributed by atoms with E-state index in [4.69, 9.17) is 0 Å². The first kappa shape index (κ1) is 11.7. The molecule has 0 spiro atoms. The monoisotopic (exact) mass is 244 g/mol. The maximum absolute atomic E-state index is 11.6. The topological polar surface area (TPSA) is 41.1 Å². The van der Waals surface area contributed by atoms with E-state index in [1.807, 2.05) is 6.07 Å². The van der Waals surface area contributed by atoms with Gasteiger partial charge in [-0.25, -0.2) is 0 Å². The summed E-state index contributed by atoms with van der Waals surface area (Å²) >= 11 is 0. The SMILES string of the molecule is C[C@@]1(NCC(=O)NC2CC2)C[C@H]1c1ccccc1. The minimum atomic E-state index is 0.0994. The van der Waals surface area contributed by atoms with Crippen molar-refractivity contribution in [3.8, 4) is 0 Å². The number of hydrogen-bond donors (Lipinski definition) is 2. The fourth-order valence-corrected chi connectivity index (χ4v) is 2.52. The van der Waals surface area contributed by atoms with Gasteiger partial charge in [-0.05, 0) is 31.7 Å². The van der Waals surface area contributed by atoms with Crippen LogP contribution in [0.1, 0.15) is 37.7 Å². The average Bonchev–Trinajstić information content (AvgIpc) is 3.27. The van der Waals surface area contributed by atoms with Crippen molar-refractivity contribution in [2.24, 2.45) is 0 Å². The number of carbonyl (C=O) groups is 1. The summed E-state index contributed by atoms with van der Waals surface area (Å²) in [5.74, 6) is 0.685. The van der Waals surface area contributed by atoms with E-state index in [0.717, 1.165) is 19.3 Å². The zero-order valence-electron chi connectivity index (χ0n) is 10.8. The highest BCUT2D eigenvalue weighted by molar-refractivity contribution is 5.78. The molecule has 0 heterocycles. The third-order valence-corrected chi connectivity index (χ3v) is 4.03. The van der Waals surface area contributed by atoms with Crippen molar-refractivity contribution in [3.63, 3.8) is 0 Å². The standard InChI is InChI=1S/C15H20N2O/c1-15(16-10-14(18)17-12-7-8-12)9-13(15)11-5-3-2-4-6-11/h2-6,12-13,16H,7-10H2,1H3,(H,17,18)/t13-,15+/m0/s1. The van der Waals surface area contributed by atoms with Crippen molar-refractivity contribution in [1.29, 1.82) is 0 Å². The maximum atomic E-state index is 11.6. The van der Waals surface area contributed by atoms with Crippen LogP contribution in [-0.4, -0.2) is 24.0 Å². The molecule has 0 radical (unpaired) electrons. The molecular formula is C15H20N2O. The Morgan fingerprint density at radius 1 is 1.33 bits per heavy atom. The molecule has 3 heteroatoms. The zero-order chi connectivity index (χ0) is 12.6. The molecule has 18 heavy (non-hydrogen) atoms. The Morgan fingerprint density at radius 3 is 2.72 bits per heavy atom. The first-order valence-electron chi connectivity index (χ1n) is 6.77. The summed E-state index contributed by atoms with van der Waals surface area (Å²) in [4.78, 5) is 11.6. The van der Waals surface area contributed by atoms with Gasteiger partial charge in [0, 0.05) is 17.5 Å². The Kier molecular flexibility index (Phi) is 2.86. The van der Waals surface area contributed by atoms with Crippen molar-refractivity contribution >= 4 is 5.91 Å². The van der Waals surface area contributed by atoms with Crippen LogP contribution in [0, 0.1) is 0 Å². The second kappa shape index (κ2) is 4.39. The Hall–Kier alpha value is -1.35. The van der Waals surface area contributed by atoms with Crippen LogP contribution in [0.3, 0.4) is 0 Å². The summed E-state index contributed by atoms with van der Waals surface area (Å²) in [6.07, 6.45) is 3.42. The normalized spacial score (nSPS) is 29.9. The van der Waals surface area contributed by atoms with Crippen LogP contribution >= 0.6 is 0 Å². The van der Waals surface area contributed by atoms with Gasteiger partial charge in [-0.3, -0.25) is 4.79 Å². The van der Waals surface area contributed by atoms with Crippen molar-refractivity contribution in [1.82, 2.24) is 10.6 Å². The number of carbonyl (C=O) groups excluding carboxylic acids is 1. The first-order valence-corrected chi connectivity index (χ1v) is 6.77. The number of amides is 1. The molecule has 96 valence electrons. The van der Waals surface area contributed by atoms with Gasteiger partial charge in [0.25, 0.3) is 0 Å². The van der Waals surface area contributed by atoms with E-state index in [1.165, 1.54) is 5.56 Å². The van der Waals surface area contributed by atoms with Gasteiger partial charge in [0.05, 0.1) is 6.54 Å². The number of hydrogen-bond acceptors (Lipinski definition) is 2. The van der Waals surface area contributed by atoms with Crippen LogP contribution in [-0.2, 0) is 4.79 Å². The molecule has 1 aromatic carbocycles. The summed E-state index contributed by atoms with van der Waals surface area (Å²) in [6.45, 7) is 2.64. The van der Waals surface area contributed by atoms with Crippen molar-refractivity contribution in [3.05, 3.63) is 35.9 Å². The highest BCUT2D eigenvalue weighted by Crippen LogP contribution is 2.50. The molecule has 2 N–H and O–H groups in total. The molecule has 2 fully saturated rings. The molecule has 1 aromatic rings. The maximum Gasteiger partial charge on any atom is 0.234 e. The van der Waals surface area contributed by atoms with E-state index in [0.29, 0.717) is 18.5 Å². The predicted molar refractivity (Wildman–Crippen MR) is 71.4 cm³/mol. The molecule has 2 saturated carbocycles. The second-order valence-corrected chi connectivity index (χ2v) is 5.78. The van der Waals surface area contributed by atoms with Gasteiger partial charge in [-0.15, -0.1) is 0 Å². The second-order valence-electron chi connectivity index (χ2n) is 5.78. The van der Waals surface area contributed by atoms with Crippen molar-refractivity contribution in [2.75, 3.05) is 6.54 Å². The molecule has 0 bridgehead atoms. The summed E-state index contributed by atoms with van der Waals surface area (Å²) < 4.78 is 0. The highest BCUT2D eigenvalue weighted by atomic mass is 16.2. The largest absolute Gasteiger partial charge is 0.352 e. The molecular weight excluding hydrogens is 224 g/mol. The van der Waals surface area contributed by atoms with Gasteiger partial charge in [0.2, 0.25) is 5.91 Å². The Morgan fingerprint density at radius 2 is 2.06 bits per heavy atom. The Bertz CT molecular complexity index is 441. The summed E-state index contributed by atoms with van der Waals surface area (Å²) in [5, 5.41) is 6.41. The van der Waals surface area contributed by atoms with Gasteiger partial charge in [0.1, 0.15) is 0 Å². The third kappa shape index (κ3) is 2.56. The fraction of sp³-hybridized carbons (Fsp3) is 0.533. The van der Waals surface area contributed by atoms with Crippen LogP contribution in [0.15, 0.2) is 30.3 Å². The van der Waals surface area contributed by atoms with Crippen LogP contribution in [0.25, 0.3) is 0 Å². The predicted octanol–water partition coefficient (Wildman–Crippen LogP) is 1.80. The number of benzene rings is 1. The molecule has 2 atom stereocenters. The first-order chi connectivity index (χ1) is 8.67. The minimum absolute atomic E-state index is 0.0994. The molecule has 0 aromatic heterocycles. The van der Waals surface area contributed by atoms with Gasteiger partial charge >= 0.3 is 0 Å².